The molecule has 0 unspecified atom stereocenters. The van der Waals surface area contributed by atoms with Crippen molar-refractivity contribution in [3.63, 3.8) is 0 Å². The fourth-order valence-corrected chi connectivity index (χ4v) is 4.56. The van der Waals surface area contributed by atoms with Crippen LogP contribution in [0.1, 0.15) is 56.2 Å². The van der Waals surface area contributed by atoms with Crippen molar-refractivity contribution in [2.24, 2.45) is 0 Å². The predicted molar refractivity (Wildman–Crippen MR) is 115 cm³/mol. The van der Waals surface area contributed by atoms with Gasteiger partial charge in [-0.15, -0.1) is 0 Å². The van der Waals surface area contributed by atoms with Crippen LogP contribution in [-0.2, 0) is 32.3 Å². The molecule has 0 aromatic heterocycles. The summed E-state index contributed by atoms with van der Waals surface area (Å²) in [5.74, 6) is -0.194. The smallest absolute Gasteiger partial charge is 0.416 e. The molecule has 0 N–H and O–H groups in total. The molecule has 2 aromatic rings. The van der Waals surface area contributed by atoms with Gasteiger partial charge >= 0.3 is 12.1 Å². The molecule has 0 heterocycles. The van der Waals surface area contributed by atoms with E-state index in [0.717, 1.165) is 17.7 Å². The lowest BCUT2D eigenvalue weighted by atomic mass is 10.0. The molecule has 0 bridgehead atoms. The van der Waals surface area contributed by atoms with Gasteiger partial charge in [-0.05, 0) is 54.7 Å². The Morgan fingerprint density at radius 3 is 2.12 bits per heavy atom. The molecule has 2 aromatic carbocycles. The average molecular weight is 472 g/mol. The first kappa shape index (κ1) is 25.9. The van der Waals surface area contributed by atoms with Crippen molar-refractivity contribution in [2.45, 2.75) is 57.1 Å². The number of hydrogen-bond donors (Lipinski definition) is 0. The Bertz CT molecular complexity index is 985. The van der Waals surface area contributed by atoms with Crippen molar-refractivity contribution in [1.82, 2.24) is 4.31 Å². The van der Waals surface area contributed by atoms with Crippen molar-refractivity contribution in [3.8, 4) is 0 Å². The molecule has 2 rings (SSSR count). The number of alkyl halides is 3. The molecule has 32 heavy (non-hydrogen) atoms. The molecule has 0 radical (unpaired) electrons. The summed E-state index contributed by atoms with van der Waals surface area (Å²) in [5, 5.41) is 0. The minimum absolute atomic E-state index is 0.0219. The van der Waals surface area contributed by atoms with Gasteiger partial charge in [-0.2, -0.15) is 17.5 Å². The van der Waals surface area contributed by atoms with Crippen LogP contribution in [0.5, 0.6) is 0 Å². The standard InChI is InChI=1S/C23H28F3NO4S/c1-4-31-22(28)6-5-15-27(16-18-7-11-20(12-8-18)23(24,25)26)32(29,30)21-13-9-19(10-14-21)17(2)3/h7-14,17H,4-6,15-16H2,1-3H3. The Labute approximate surface area is 187 Å². The highest BCUT2D eigenvalue weighted by Crippen LogP contribution is 2.29. The molecular weight excluding hydrogens is 443 g/mol. The van der Waals surface area contributed by atoms with E-state index in [0.29, 0.717) is 5.56 Å². The van der Waals surface area contributed by atoms with Crippen molar-refractivity contribution in [1.29, 1.82) is 0 Å². The van der Waals surface area contributed by atoms with Crippen LogP contribution in [0.3, 0.4) is 0 Å². The van der Waals surface area contributed by atoms with E-state index < -0.39 is 27.7 Å². The fourth-order valence-electron chi connectivity index (χ4n) is 3.09. The highest BCUT2D eigenvalue weighted by molar-refractivity contribution is 7.89. The Balaban J connectivity index is 2.27. The second kappa shape index (κ2) is 11.0. The topological polar surface area (TPSA) is 63.7 Å². The zero-order valence-electron chi connectivity index (χ0n) is 18.4. The van der Waals surface area contributed by atoms with Gasteiger partial charge in [0.1, 0.15) is 0 Å². The summed E-state index contributed by atoms with van der Waals surface area (Å²) in [6.45, 7) is 5.81. The second-order valence-corrected chi connectivity index (χ2v) is 9.60. The van der Waals surface area contributed by atoms with Gasteiger partial charge in [0.25, 0.3) is 0 Å². The van der Waals surface area contributed by atoms with E-state index in [1.807, 2.05) is 13.8 Å². The Morgan fingerprint density at radius 2 is 1.62 bits per heavy atom. The molecule has 0 aliphatic heterocycles. The maximum absolute atomic E-state index is 13.3. The van der Waals surface area contributed by atoms with Crippen LogP contribution in [0.15, 0.2) is 53.4 Å². The normalized spacial score (nSPS) is 12.4. The Hall–Kier alpha value is -2.39. The lowest BCUT2D eigenvalue weighted by Gasteiger charge is -2.23. The monoisotopic (exact) mass is 471 g/mol. The van der Waals surface area contributed by atoms with Crippen LogP contribution in [-0.4, -0.2) is 31.8 Å². The van der Waals surface area contributed by atoms with Gasteiger partial charge in [0.05, 0.1) is 17.1 Å². The Morgan fingerprint density at radius 1 is 1.03 bits per heavy atom. The number of carbonyl (C=O) groups excluding carboxylic acids is 1. The number of benzene rings is 2. The third-order valence-electron chi connectivity index (χ3n) is 4.92. The van der Waals surface area contributed by atoms with Crippen LogP contribution < -0.4 is 0 Å². The number of ether oxygens (including phenoxy) is 1. The summed E-state index contributed by atoms with van der Waals surface area (Å²) in [7, 11) is -3.93. The zero-order valence-corrected chi connectivity index (χ0v) is 19.2. The largest absolute Gasteiger partial charge is 0.466 e. The van der Waals surface area contributed by atoms with Crippen molar-refractivity contribution >= 4 is 16.0 Å². The van der Waals surface area contributed by atoms with Crippen molar-refractivity contribution in [2.75, 3.05) is 13.2 Å². The first-order valence-electron chi connectivity index (χ1n) is 10.4. The Kier molecular flexibility index (Phi) is 8.86. The van der Waals surface area contributed by atoms with E-state index in [4.69, 9.17) is 4.74 Å². The number of halogens is 3. The molecule has 9 heteroatoms. The number of nitrogens with zero attached hydrogens (tertiary/aromatic N) is 1. The molecule has 176 valence electrons. The quantitative estimate of drug-likeness (QED) is 0.438. The van der Waals surface area contributed by atoms with Gasteiger partial charge in [-0.25, -0.2) is 8.42 Å². The van der Waals surface area contributed by atoms with Gasteiger partial charge in [0.15, 0.2) is 0 Å². The number of esters is 1. The minimum Gasteiger partial charge on any atom is -0.466 e. The summed E-state index contributed by atoms with van der Waals surface area (Å²) >= 11 is 0. The number of carbonyl (C=O) groups is 1. The van der Waals surface area contributed by atoms with Gasteiger partial charge in [0.2, 0.25) is 10.0 Å². The number of hydrogen-bond acceptors (Lipinski definition) is 4. The molecule has 0 amide bonds. The van der Waals surface area contributed by atoms with Gasteiger partial charge in [-0.1, -0.05) is 38.1 Å². The van der Waals surface area contributed by atoms with Crippen LogP contribution >= 0.6 is 0 Å². The molecule has 0 atom stereocenters. The van der Waals surface area contributed by atoms with Crippen LogP contribution in [0.4, 0.5) is 13.2 Å². The minimum atomic E-state index is -4.47. The molecule has 0 fully saturated rings. The van der Waals surface area contributed by atoms with Crippen LogP contribution in [0, 0.1) is 0 Å². The van der Waals surface area contributed by atoms with Gasteiger partial charge in [-0.3, -0.25) is 4.79 Å². The average Bonchev–Trinajstić information content (AvgIpc) is 2.73. The molecule has 0 saturated heterocycles. The zero-order chi connectivity index (χ0) is 23.9. The lowest BCUT2D eigenvalue weighted by Crippen LogP contribution is -2.32. The second-order valence-electron chi connectivity index (χ2n) is 7.67. The van der Waals surface area contributed by atoms with E-state index >= 15 is 0 Å². The van der Waals surface area contributed by atoms with Crippen molar-refractivity contribution in [3.05, 3.63) is 65.2 Å². The molecule has 5 nitrogen and oxygen atoms in total. The van der Waals surface area contributed by atoms with E-state index in [9.17, 15) is 26.4 Å². The van der Waals surface area contributed by atoms with Crippen molar-refractivity contribution < 1.29 is 31.1 Å². The maximum atomic E-state index is 13.3. The van der Waals surface area contributed by atoms with E-state index in [-0.39, 0.29) is 43.4 Å². The summed E-state index contributed by atoms with van der Waals surface area (Å²) in [6.07, 6.45) is -4.20. The fraction of sp³-hybridized carbons (Fsp3) is 0.435. The summed E-state index contributed by atoms with van der Waals surface area (Å²) in [6, 6.07) is 10.9. The van der Waals surface area contributed by atoms with Gasteiger partial charge < -0.3 is 4.74 Å². The summed E-state index contributed by atoms with van der Waals surface area (Å²) < 4.78 is 71.1. The highest BCUT2D eigenvalue weighted by atomic mass is 32.2. The molecule has 0 spiro atoms. The third kappa shape index (κ3) is 7.06. The molecule has 0 aliphatic carbocycles. The number of rotatable bonds is 10. The molecule has 0 aliphatic rings. The summed E-state index contributed by atoms with van der Waals surface area (Å²) in [5.41, 5.74) is 0.597. The first-order chi connectivity index (χ1) is 14.9. The first-order valence-corrected chi connectivity index (χ1v) is 11.8. The van der Waals surface area contributed by atoms with E-state index in [2.05, 4.69) is 0 Å². The van der Waals surface area contributed by atoms with E-state index in [1.165, 1.54) is 28.6 Å². The van der Waals surface area contributed by atoms with E-state index in [1.54, 1.807) is 19.1 Å². The highest BCUT2D eigenvalue weighted by Gasteiger charge is 2.30. The molecular formula is C23H28F3NO4S. The lowest BCUT2D eigenvalue weighted by molar-refractivity contribution is -0.143. The third-order valence-corrected chi connectivity index (χ3v) is 6.78. The van der Waals surface area contributed by atoms with Gasteiger partial charge in [0, 0.05) is 19.5 Å². The number of sulfonamides is 1. The predicted octanol–water partition coefficient (Wildman–Crippen LogP) is 5.36. The maximum Gasteiger partial charge on any atom is 0.416 e. The summed E-state index contributed by atoms with van der Waals surface area (Å²) in [4.78, 5) is 11.7. The SMILES string of the molecule is CCOC(=O)CCCN(Cc1ccc(C(F)(F)F)cc1)S(=O)(=O)c1ccc(C(C)C)cc1. The van der Waals surface area contributed by atoms with Crippen LogP contribution in [0.2, 0.25) is 0 Å². The molecule has 0 saturated carbocycles. The van der Waals surface area contributed by atoms with Crippen LogP contribution in [0.25, 0.3) is 0 Å².